The van der Waals surface area contributed by atoms with Crippen LogP contribution in [0.25, 0.3) is 0 Å². The van der Waals surface area contributed by atoms with E-state index in [9.17, 15) is 0 Å². The van der Waals surface area contributed by atoms with E-state index in [-0.39, 0.29) is 0 Å². The lowest BCUT2D eigenvalue weighted by Gasteiger charge is -2.24. The summed E-state index contributed by atoms with van der Waals surface area (Å²) in [5, 5.41) is 3.47. The fourth-order valence-corrected chi connectivity index (χ4v) is 2.53. The van der Waals surface area contributed by atoms with Crippen molar-refractivity contribution >= 4 is 11.5 Å². The highest BCUT2D eigenvalue weighted by Crippen LogP contribution is 2.29. The van der Waals surface area contributed by atoms with Crippen LogP contribution in [0.1, 0.15) is 51.3 Å². The summed E-state index contributed by atoms with van der Waals surface area (Å²) in [7, 11) is 1.60. The predicted octanol–water partition coefficient (Wildman–Crippen LogP) is 2.76. The van der Waals surface area contributed by atoms with E-state index >= 15 is 0 Å². The maximum Gasteiger partial charge on any atom is 0.242 e. The van der Waals surface area contributed by atoms with Gasteiger partial charge in [-0.3, -0.25) is 0 Å². The number of methoxy groups -OCH3 is 1. The molecule has 3 N–H and O–H groups in total. The van der Waals surface area contributed by atoms with E-state index in [4.69, 9.17) is 10.5 Å². The van der Waals surface area contributed by atoms with E-state index in [1.54, 1.807) is 7.11 Å². The van der Waals surface area contributed by atoms with Gasteiger partial charge in [0.05, 0.1) is 7.11 Å². The van der Waals surface area contributed by atoms with Crippen molar-refractivity contribution in [3.63, 3.8) is 0 Å². The quantitative estimate of drug-likeness (QED) is 0.855. The summed E-state index contributed by atoms with van der Waals surface area (Å²) in [6.45, 7) is 2.11. The summed E-state index contributed by atoms with van der Waals surface area (Å²) in [5.41, 5.74) is 6.58. The van der Waals surface area contributed by atoms with Crippen molar-refractivity contribution in [2.75, 3.05) is 18.2 Å². The molecule has 0 spiro atoms. The summed E-state index contributed by atoms with van der Waals surface area (Å²) in [6.07, 6.45) is 8.13. The van der Waals surface area contributed by atoms with Crippen LogP contribution in [0.3, 0.4) is 0 Å². The van der Waals surface area contributed by atoms with Gasteiger partial charge in [0.1, 0.15) is 11.5 Å². The molecule has 1 fully saturated rings. The highest BCUT2D eigenvalue weighted by molar-refractivity contribution is 5.67. The normalized spacial score (nSPS) is 16.3. The molecule has 106 valence electrons. The molecule has 1 heterocycles. The number of nitrogens with one attached hydrogen (secondary N) is 1. The Labute approximate surface area is 115 Å². The van der Waals surface area contributed by atoms with Crippen molar-refractivity contribution < 1.29 is 4.74 Å². The first-order valence-corrected chi connectivity index (χ1v) is 7.21. The SMILES string of the molecule is CCCc1nc(NC2CCCCC2)c(N)c(OC)n1. The smallest absolute Gasteiger partial charge is 0.242 e. The van der Waals surface area contributed by atoms with Gasteiger partial charge in [-0.05, 0) is 19.3 Å². The third-order valence-corrected chi connectivity index (χ3v) is 3.57. The van der Waals surface area contributed by atoms with Crippen LogP contribution in [0.2, 0.25) is 0 Å². The first kappa shape index (κ1) is 13.9. The zero-order chi connectivity index (χ0) is 13.7. The summed E-state index contributed by atoms with van der Waals surface area (Å²) in [4.78, 5) is 8.87. The van der Waals surface area contributed by atoms with Gasteiger partial charge in [-0.2, -0.15) is 4.98 Å². The predicted molar refractivity (Wildman–Crippen MR) is 77.5 cm³/mol. The molecule has 0 atom stereocenters. The van der Waals surface area contributed by atoms with Gasteiger partial charge in [0, 0.05) is 12.5 Å². The molecule has 0 amide bonds. The maximum absolute atomic E-state index is 6.06. The van der Waals surface area contributed by atoms with E-state index < -0.39 is 0 Å². The Balaban J connectivity index is 2.18. The van der Waals surface area contributed by atoms with Crippen molar-refractivity contribution in [1.82, 2.24) is 9.97 Å². The maximum atomic E-state index is 6.06. The van der Waals surface area contributed by atoms with E-state index in [0.717, 1.165) is 24.5 Å². The van der Waals surface area contributed by atoms with Gasteiger partial charge in [0.2, 0.25) is 5.88 Å². The molecular formula is C14H24N4O. The van der Waals surface area contributed by atoms with Crippen LogP contribution in [0, 0.1) is 0 Å². The molecular weight excluding hydrogens is 240 g/mol. The van der Waals surface area contributed by atoms with Crippen LogP contribution in [0.15, 0.2) is 0 Å². The Bertz CT molecular complexity index is 416. The molecule has 1 saturated carbocycles. The van der Waals surface area contributed by atoms with Crippen LogP contribution in [0.5, 0.6) is 5.88 Å². The molecule has 0 radical (unpaired) electrons. The standard InChI is InChI=1S/C14H24N4O/c1-3-7-11-17-13(12(15)14(18-11)19-2)16-10-8-5-4-6-9-10/h10H,3-9,15H2,1-2H3,(H,16,17,18). The number of rotatable bonds is 5. The highest BCUT2D eigenvalue weighted by Gasteiger charge is 2.18. The third-order valence-electron chi connectivity index (χ3n) is 3.57. The molecule has 5 nitrogen and oxygen atoms in total. The van der Waals surface area contributed by atoms with Crippen molar-refractivity contribution in [2.24, 2.45) is 0 Å². The van der Waals surface area contributed by atoms with Crippen LogP contribution < -0.4 is 15.8 Å². The molecule has 0 bridgehead atoms. The lowest BCUT2D eigenvalue weighted by Crippen LogP contribution is -2.24. The average Bonchev–Trinajstić information content (AvgIpc) is 2.43. The van der Waals surface area contributed by atoms with Gasteiger partial charge in [0.15, 0.2) is 5.82 Å². The minimum Gasteiger partial charge on any atom is -0.479 e. The minimum absolute atomic E-state index is 0.477. The summed E-state index contributed by atoms with van der Waals surface area (Å²) in [5.74, 6) is 2.02. The number of anilines is 2. The van der Waals surface area contributed by atoms with Crippen LogP contribution in [-0.2, 0) is 6.42 Å². The van der Waals surface area contributed by atoms with Gasteiger partial charge in [-0.25, -0.2) is 4.98 Å². The molecule has 0 aromatic carbocycles. The highest BCUT2D eigenvalue weighted by atomic mass is 16.5. The number of aromatic nitrogens is 2. The monoisotopic (exact) mass is 264 g/mol. The molecule has 1 aliphatic carbocycles. The fourth-order valence-electron chi connectivity index (χ4n) is 2.53. The number of nitrogen functional groups attached to an aromatic ring is 1. The Hall–Kier alpha value is -1.52. The number of nitrogens with zero attached hydrogens (tertiary/aromatic N) is 2. The molecule has 0 unspecified atom stereocenters. The van der Waals surface area contributed by atoms with Crippen molar-refractivity contribution in [3.8, 4) is 5.88 Å². The van der Waals surface area contributed by atoms with Crippen LogP contribution >= 0.6 is 0 Å². The minimum atomic E-state index is 0.477. The first-order chi connectivity index (χ1) is 9.24. The van der Waals surface area contributed by atoms with E-state index in [2.05, 4.69) is 22.2 Å². The zero-order valence-electron chi connectivity index (χ0n) is 11.9. The average molecular weight is 264 g/mol. The Morgan fingerprint density at radius 3 is 2.63 bits per heavy atom. The van der Waals surface area contributed by atoms with Crippen LogP contribution in [-0.4, -0.2) is 23.1 Å². The van der Waals surface area contributed by atoms with Crippen LogP contribution in [0.4, 0.5) is 11.5 Å². The Morgan fingerprint density at radius 1 is 1.26 bits per heavy atom. The number of ether oxygens (including phenoxy) is 1. The van der Waals surface area contributed by atoms with Crippen molar-refractivity contribution in [1.29, 1.82) is 0 Å². The number of hydrogen-bond donors (Lipinski definition) is 2. The topological polar surface area (TPSA) is 73.1 Å². The molecule has 1 aliphatic rings. The summed E-state index contributed by atoms with van der Waals surface area (Å²) >= 11 is 0. The molecule has 5 heteroatoms. The molecule has 0 saturated heterocycles. The third kappa shape index (κ3) is 3.49. The molecule has 19 heavy (non-hydrogen) atoms. The van der Waals surface area contributed by atoms with Gasteiger partial charge in [-0.15, -0.1) is 0 Å². The van der Waals surface area contributed by atoms with Crippen molar-refractivity contribution in [2.45, 2.75) is 57.9 Å². The lowest BCUT2D eigenvalue weighted by molar-refractivity contribution is 0.397. The van der Waals surface area contributed by atoms with E-state index in [1.165, 1.54) is 32.1 Å². The zero-order valence-corrected chi connectivity index (χ0v) is 11.9. The Kier molecular flexibility index (Phi) is 4.82. The second kappa shape index (κ2) is 6.59. The lowest BCUT2D eigenvalue weighted by atomic mass is 9.95. The first-order valence-electron chi connectivity index (χ1n) is 7.21. The second-order valence-corrected chi connectivity index (χ2v) is 5.14. The number of nitrogens with two attached hydrogens (primary N) is 1. The van der Waals surface area contributed by atoms with Crippen molar-refractivity contribution in [3.05, 3.63) is 5.82 Å². The van der Waals surface area contributed by atoms with E-state index in [0.29, 0.717) is 17.6 Å². The molecule has 2 rings (SSSR count). The molecule has 0 aliphatic heterocycles. The summed E-state index contributed by atoms with van der Waals surface area (Å²) in [6, 6.07) is 0.477. The second-order valence-electron chi connectivity index (χ2n) is 5.14. The molecule has 1 aromatic heterocycles. The Morgan fingerprint density at radius 2 is 2.00 bits per heavy atom. The molecule has 1 aromatic rings. The van der Waals surface area contributed by atoms with Gasteiger partial charge in [-0.1, -0.05) is 26.2 Å². The largest absolute Gasteiger partial charge is 0.479 e. The fraction of sp³-hybridized carbons (Fsp3) is 0.714. The number of hydrogen-bond acceptors (Lipinski definition) is 5. The number of aryl methyl sites for hydroxylation is 1. The van der Waals surface area contributed by atoms with Gasteiger partial charge >= 0.3 is 0 Å². The van der Waals surface area contributed by atoms with E-state index in [1.807, 2.05) is 0 Å². The van der Waals surface area contributed by atoms with Gasteiger partial charge < -0.3 is 15.8 Å². The van der Waals surface area contributed by atoms with Gasteiger partial charge in [0.25, 0.3) is 0 Å². The summed E-state index contributed by atoms with van der Waals surface area (Å²) < 4.78 is 5.25.